The van der Waals surface area contributed by atoms with Crippen molar-refractivity contribution in [3.05, 3.63) is 40.2 Å². The smallest absolute Gasteiger partial charge is 0.170 e. The Hall–Kier alpha value is -2.38. The lowest BCUT2D eigenvalue weighted by Crippen LogP contribution is -2.51. The highest BCUT2D eigenvalue weighted by molar-refractivity contribution is 6.31. The summed E-state index contributed by atoms with van der Waals surface area (Å²) in [5.41, 5.74) is 1.10. The van der Waals surface area contributed by atoms with E-state index < -0.39 is 5.60 Å². The molecule has 2 fully saturated rings. The van der Waals surface area contributed by atoms with Gasteiger partial charge in [0.15, 0.2) is 5.78 Å². The standard InChI is InChI=1S/C24H30ClN5O2/c1-16-12-21-18(13-19(16)25)20(31)15-24(32-21)4-6-29(7-5-24)22-14-23(27-17(2)26-22)30-10-8-28(3)9-11-30/h12-14H,4-11,15H2,1-3H3. The fourth-order valence-corrected chi connectivity index (χ4v) is 5.10. The summed E-state index contributed by atoms with van der Waals surface area (Å²) < 4.78 is 6.45. The maximum absolute atomic E-state index is 12.9. The number of aryl methyl sites for hydroxylation is 2. The summed E-state index contributed by atoms with van der Waals surface area (Å²) >= 11 is 6.23. The van der Waals surface area contributed by atoms with Crippen LogP contribution in [0.15, 0.2) is 18.2 Å². The first-order valence-corrected chi connectivity index (χ1v) is 11.8. The lowest BCUT2D eigenvalue weighted by atomic mass is 9.82. The number of carbonyl (C=O) groups excluding carboxylic acids is 1. The minimum absolute atomic E-state index is 0.122. The summed E-state index contributed by atoms with van der Waals surface area (Å²) in [4.78, 5) is 29.3. The first-order valence-electron chi connectivity index (χ1n) is 11.4. The number of aromatic nitrogens is 2. The van der Waals surface area contributed by atoms with Crippen molar-refractivity contribution >= 4 is 29.0 Å². The van der Waals surface area contributed by atoms with E-state index in [0.29, 0.717) is 22.8 Å². The molecule has 0 radical (unpaired) electrons. The quantitative estimate of drug-likeness (QED) is 0.686. The number of fused-ring (bicyclic) bond motifs is 1. The lowest BCUT2D eigenvalue weighted by Gasteiger charge is -2.44. The molecule has 2 saturated heterocycles. The summed E-state index contributed by atoms with van der Waals surface area (Å²) in [7, 11) is 2.16. The topological polar surface area (TPSA) is 61.8 Å². The minimum atomic E-state index is -0.441. The fourth-order valence-electron chi connectivity index (χ4n) is 4.93. The Labute approximate surface area is 194 Å². The van der Waals surface area contributed by atoms with Crippen LogP contribution in [-0.2, 0) is 0 Å². The number of piperazine rings is 1. The van der Waals surface area contributed by atoms with Gasteiger partial charge in [0, 0.05) is 63.2 Å². The molecular formula is C24H30ClN5O2. The largest absolute Gasteiger partial charge is 0.486 e. The van der Waals surface area contributed by atoms with Gasteiger partial charge >= 0.3 is 0 Å². The Kier molecular flexibility index (Phi) is 5.50. The van der Waals surface area contributed by atoms with Crippen LogP contribution in [0.4, 0.5) is 11.6 Å². The molecule has 1 aromatic heterocycles. The number of nitrogens with zero attached hydrogens (tertiary/aromatic N) is 5. The van der Waals surface area contributed by atoms with Gasteiger partial charge < -0.3 is 19.4 Å². The van der Waals surface area contributed by atoms with Gasteiger partial charge in [-0.1, -0.05) is 11.6 Å². The van der Waals surface area contributed by atoms with Crippen LogP contribution in [0.5, 0.6) is 5.75 Å². The maximum atomic E-state index is 12.9. The van der Waals surface area contributed by atoms with Gasteiger partial charge in [0.2, 0.25) is 0 Å². The molecule has 0 atom stereocenters. The molecule has 32 heavy (non-hydrogen) atoms. The van der Waals surface area contributed by atoms with Crippen LogP contribution in [0, 0.1) is 13.8 Å². The molecule has 0 aliphatic carbocycles. The molecular weight excluding hydrogens is 426 g/mol. The molecule has 5 rings (SSSR count). The number of ketones is 1. The fraction of sp³-hybridized carbons (Fsp3) is 0.542. The second-order valence-electron chi connectivity index (χ2n) is 9.39. The van der Waals surface area contributed by atoms with E-state index in [-0.39, 0.29) is 5.78 Å². The highest BCUT2D eigenvalue weighted by atomic mass is 35.5. The Morgan fingerprint density at radius 2 is 1.56 bits per heavy atom. The zero-order valence-electron chi connectivity index (χ0n) is 19.0. The average molecular weight is 456 g/mol. The highest BCUT2D eigenvalue weighted by Crippen LogP contribution is 2.41. The molecule has 170 valence electrons. The SMILES string of the molecule is Cc1nc(N2CCN(C)CC2)cc(N2CCC3(CC2)CC(=O)c2cc(Cl)c(C)cc2O3)n1. The number of piperidine rings is 1. The van der Waals surface area contributed by atoms with E-state index in [4.69, 9.17) is 26.3 Å². The van der Waals surface area contributed by atoms with Gasteiger partial charge in [0.25, 0.3) is 0 Å². The van der Waals surface area contributed by atoms with Crippen molar-refractivity contribution in [3.63, 3.8) is 0 Å². The van der Waals surface area contributed by atoms with Crippen molar-refractivity contribution < 1.29 is 9.53 Å². The molecule has 1 spiro atoms. The van der Waals surface area contributed by atoms with Crippen molar-refractivity contribution in [3.8, 4) is 5.75 Å². The van der Waals surface area contributed by atoms with Crippen molar-refractivity contribution in [1.29, 1.82) is 0 Å². The minimum Gasteiger partial charge on any atom is -0.486 e. The van der Waals surface area contributed by atoms with Crippen LogP contribution >= 0.6 is 11.6 Å². The van der Waals surface area contributed by atoms with Gasteiger partial charge in [-0.05, 0) is 38.6 Å². The number of anilines is 2. The molecule has 0 saturated carbocycles. The van der Waals surface area contributed by atoms with Crippen molar-refractivity contribution in [2.75, 3.05) is 56.1 Å². The molecule has 8 heteroatoms. The molecule has 3 aliphatic heterocycles. The Balaban J connectivity index is 1.32. The Morgan fingerprint density at radius 1 is 0.938 bits per heavy atom. The van der Waals surface area contributed by atoms with Crippen LogP contribution in [0.1, 0.15) is 41.0 Å². The van der Waals surface area contributed by atoms with E-state index in [0.717, 1.165) is 75.1 Å². The van der Waals surface area contributed by atoms with Crippen molar-refractivity contribution in [1.82, 2.24) is 14.9 Å². The van der Waals surface area contributed by atoms with Gasteiger partial charge in [-0.15, -0.1) is 0 Å². The maximum Gasteiger partial charge on any atom is 0.170 e. The van der Waals surface area contributed by atoms with Crippen LogP contribution < -0.4 is 14.5 Å². The first-order chi connectivity index (χ1) is 15.3. The number of hydrogen-bond acceptors (Lipinski definition) is 7. The molecule has 0 amide bonds. The summed E-state index contributed by atoms with van der Waals surface area (Å²) in [5.74, 6) is 3.56. The number of hydrogen-bond donors (Lipinski definition) is 0. The number of rotatable bonds is 2. The van der Waals surface area contributed by atoms with Gasteiger partial charge in [0.1, 0.15) is 28.8 Å². The van der Waals surface area contributed by atoms with Gasteiger partial charge in [0.05, 0.1) is 12.0 Å². The lowest BCUT2D eigenvalue weighted by molar-refractivity contribution is 0.0231. The zero-order valence-corrected chi connectivity index (χ0v) is 19.8. The molecule has 0 N–H and O–H groups in total. The number of likely N-dealkylation sites (N-methyl/N-ethyl adjacent to an activating group) is 1. The molecule has 3 aliphatic rings. The van der Waals surface area contributed by atoms with Gasteiger partial charge in [-0.25, -0.2) is 9.97 Å². The van der Waals surface area contributed by atoms with Crippen LogP contribution in [0.2, 0.25) is 5.02 Å². The predicted octanol–water partition coefficient (Wildman–Crippen LogP) is 3.50. The van der Waals surface area contributed by atoms with E-state index >= 15 is 0 Å². The molecule has 1 aromatic carbocycles. The zero-order chi connectivity index (χ0) is 22.5. The van der Waals surface area contributed by atoms with Crippen molar-refractivity contribution in [2.45, 2.75) is 38.7 Å². The molecule has 0 bridgehead atoms. The summed E-state index contributed by atoms with van der Waals surface area (Å²) in [6.07, 6.45) is 1.97. The van der Waals surface area contributed by atoms with E-state index in [2.05, 4.69) is 27.8 Å². The first kappa shape index (κ1) is 21.5. The van der Waals surface area contributed by atoms with Crippen LogP contribution in [0.3, 0.4) is 0 Å². The number of ether oxygens (including phenoxy) is 1. The van der Waals surface area contributed by atoms with Crippen LogP contribution in [-0.4, -0.2) is 72.6 Å². The molecule has 7 nitrogen and oxygen atoms in total. The third-order valence-corrected chi connectivity index (χ3v) is 7.41. The van der Waals surface area contributed by atoms with Crippen LogP contribution in [0.25, 0.3) is 0 Å². The average Bonchev–Trinajstić information content (AvgIpc) is 2.76. The third-order valence-electron chi connectivity index (χ3n) is 7.01. The van der Waals surface area contributed by atoms with E-state index in [1.165, 1.54) is 0 Å². The number of halogens is 1. The summed E-state index contributed by atoms with van der Waals surface area (Å²) in [5, 5.41) is 0.613. The second-order valence-corrected chi connectivity index (χ2v) is 9.80. The predicted molar refractivity (Wildman–Crippen MR) is 126 cm³/mol. The molecule has 0 unspecified atom stereocenters. The number of benzene rings is 1. The normalized spacial score (nSPS) is 20.9. The monoisotopic (exact) mass is 455 g/mol. The molecule has 4 heterocycles. The number of carbonyl (C=O) groups is 1. The van der Waals surface area contributed by atoms with Crippen molar-refractivity contribution in [2.24, 2.45) is 0 Å². The van der Waals surface area contributed by atoms with Gasteiger partial charge in [-0.3, -0.25) is 4.79 Å². The summed E-state index contributed by atoms with van der Waals surface area (Å²) in [6.45, 7) is 9.55. The number of Topliss-reactive ketones (excluding diaryl/α,β-unsaturated/α-hetero) is 1. The van der Waals surface area contributed by atoms with E-state index in [9.17, 15) is 4.79 Å². The van der Waals surface area contributed by atoms with E-state index in [1.54, 1.807) is 6.07 Å². The second kappa shape index (κ2) is 8.19. The Morgan fingerprint density at radius 3 is 2.22 bits per heavy atom. The molecule has 2 aromatic rings. The highest BCUT2D eigenvalue weighted by Gasteiger charge is 2.43. The third kappa shape index (κ3) is 4.04. The summed E-state index contributed by atoms with van der Waals surface area (Å²) in [6, 6.07) is 5.77. The Bertz CT molecular complexity index is 1040. The van der Waals surface area contributed by atoms with E-state index in [1.807, 2.05) is 19.9 Å². The van der Waals surface area contributed by atoms with Gasteiger partial charge in [-0.2, -0.15) is 0 Å².